The minimum Gasteiger partial charge on any atom is -0.320 e. The summed E-state index contributed by atoms with van der Waals surface area (Å²) in [5, 5.41) is -0.236. The molecule has 11 heteroatoms. The Morgan fingerprint density at radius 2 is 1.67 bits per heavy atom. The van der Waals surface area contributed by atoms with Crippen molar-refractivity contribution >= 4 is 39.2 Å². The van der Waals surface area contributed by atoms with E-state index in [9.17, 15) is 27.2 Å². The second-order valence-corrected chi connectivity index (χ2v) is 11.0. The third-order valence-electron chi connectivity index (χ3n) is 5.38. The molecule has 0 aliphatic carbocycles. The SMILES string of the molecule is CC(=O)c1ccc(C(=O)N(CCCCNS(=O)(=O)c2ccc(F)cc2Cl)C(=O)[C@@H](N)CC(C)C)cc1. The highest BCUT2D eigenvalue weighted by Gasteiger charge is 2.28. The second-order valence-electron chi connectivity index (χ2n) is 8.84. The number of Topliss-reactive ketones (excluding diaryl/α,β-unsaturated/α-hetero) is 1. The number of hydrogen-bond donors (Lipinski definition) is 2. The van der Waals surface area contributed by atoms with Crippen molar-refractivity contribution in [3.05, 3.63) is 64.4 Å². The van der Waals surface area contributed by atoms with E-state index in [-0.39, 0.29) is 40.3 Å². The van der Waals surface area contributed by atoms with Gasteiger partial charge in [0.1, 0.15) is 10.7 Å². The third kappa shape index (κ3) is 8.19. The molecule has 0 saturated heterocycles. The first kappa shape index (κ1) is 29.6. The number of ketones is 1. The van der Waals surface area contributed by atoms with Gasteiger partial charge in [-0.3, -0.25) is 19.3 Å². The molecule has 0 radical (unpaired) electrons. The summed E-state index contributed by atoms with van der Waals surface area (Å²) < 4.78 is 40.5. The molecule has 2 aromatic rings. The van der Waals surface area contributed by atoms with Crippen molar-refractivity contribution in [2.24, 2.45) is 11.7 Å². The van der Waals surface area contributed by atoms with E-state index in [0.29, 0.717) is 24.8 Å². The minimum atomic E-state index is -3.97. The van der Waals surface area contributed by atoms with Gasteiger partial charge in [-0.2, -0.15) is 0 Å². The molecule has 36 heavy (non-hydrogen) atoms. The van der Waals surface area contributed by atoms with Crippen LogP contribution in [-0.2, 0) is 14.8 Å². The van der Waals surface area contributed by atoms with Gasteiger partial charge in [0, 0.05) is 24.2 Å². The Bertz CT molecular complexity index is 1200. The monoisotopic (exact) mass is 539 g/mol. The number of unbranched alkanes of at least 4 members (excludes halogenated alkanes) is 1. The summed E-state index contributed by atoms with van der Waals surface area (Å²) in [6.07, 6.45) is 0.999. The highest BCUT2D eigenvalue weighted by atomic mass is 35.5. The normalized spacial score (nSPS) is 12.4. The largest absolute Gasteiger partial charge is 0.320 e. The van der Waals surface area contributed by atoms with Gasteiger partial charge < -0.3 is 5.73 Å². The van der Waals surface area contributed by atoms with E-state index in [1.165, 1.54) is 31.2 Å². The van der Waals surface area contributed by atoms with Gasteiger partial charge in [-0.05, 0) is 62.4 Å². The number of amides is 2. The summed E-state index contributed by atoms with van der Waals surface area (Å²) in [6.45, 7) is 5.28. The van der Waals surface area contributed by atoms with Crippen molar-refractivity contribution < 1.29 is 27.2 Å². The van der Waals surface area contributed by atoms with Gasteiger partial charge >= 0.3 is 0 Å². The molecule has 3 N–H and O–H groups in total. The average Bonchev–Trinajstić information content (AvgIpc) is 2.79. The van der Waals surface area contributed by atoms with Crippen LogP contribution in [0.25, 0.3) is 0 Å². The zero-order valence-electron chi connectivity index (χ0n) is 20.5. The summed E-state index contributed by atoms with van der Waals surface area (Å²) >= 11 is 5.84. The number of benzene rings is 2. The molecule has 0 saturated carbocycles. The number of nitrogens with zero attached hydrogens (tertiary/aromatic N) is 1. The van der Waals surface area contributed by atoms with E-state index in [4.69, 9.17) is 17.3 Å². The Balaban J connectivity index is 2.07. The van der Waals surface area contributed by atoms with Crippen molar-refractivity contribution in [2.45, 2.75) is 51.0 Å². The molecule has 8 nitrogen and oxygen atoms in total. The number of imide groups is 1. The Kier molecular flexibility index (Phi) is 10.7. The van der Waals surface area contributed by atoms with E-state index in [1.54, 1.807) is 0 Å². The van der Waals surface area contributed by atoms with Gasteiger partial charge in [0.15, 0.2) is 5.78 Å². The molecule has 0 spiro atoms. The lowest BCUT2D eigenvalue weighted by Crippen LogP contribution is -2.47. The van der Waals surface area contributed by atoms with Crippen molar-refractivity contribution in [1.82, 2.24) is 9.62 Å². The first-order valence-electron chi connectivity index (χ1n) is 11.5. The van der Waals surface area contributed by atoms with Crippen LogP contribution in [0.15, 0.2) is 47.4 Å². The van der Waals surface area contributed by atoms with Crippen LogP contribution in [0.3, 0.4) is 0 Å². The van der Waals surface area contributed by atoms with Gasteiger partial charge in [-0.1, -0.05) is 37.6 Å². The fourth-order valence-electron chi connectivity index (χ4n) is 3.50. The number of nitrogens with two attached hydrogens (primary N) is 1. The summed E-state index contributed by atoms with van der Waals surface area (Å²) in [5.74, 6) is -1.73. The standard InChI is InChI=1S/C25H31ClFN3O5S/c1-16(2)14-22(28)25(33)30(24(32)19-8-6-18(7-9-19)17(3)31)13-5-4-12-29-36(34,35)23-11-10-20(27)15-21(23)26/h6-11,15-16,22,29H,4-5,12-14,28H2,1-3H3/t22-/m0/s1. The van der Waals surface area contributed by atoms with E-state index in [2.05, 4.69) is 4.72 Å². The molecule has 2 rings (SSSR count). The van der Waals surface area contributed by atoms with Crippen LogP contribution in [0.4, 0.5) is 4.39 Å². The predicted octanol–water partition coefficient (Wildman–Crippen LogP) is 3.78. The fraction of sp³-hybridized carbons (Fsp3) is 0.400. The Hall–Kier alpha value is -2.66. The number of hydrogen-bond acceptors (Lipinski definition) is 6. The van der Waals surface area contributed by atoms with Crippen LogP contribution >= 0.6 is 11.6 Å². The van der Waals surface area contributed by atoms with Crippen LogP contribution in [0.1, 0.15) is 60.7 Å². The zero-order valence-corrected chi connectivity index (χ0v) is 22.0. The second kappa shape index (κ2) is 13.0. The topological polar surface area (TPSA) is 127 Å². The van der Waals surface area contributed by atoms with Crippen LogP contribution in [0.5, 0.6) is 0 Å². The number of rotatable bonds is 12. The first-order chi connectivity index (χ1) is 16.8. The molecule has 2 amide bonds. The van der Waals surface area contributed by atoms with Crippen molar-refractivity contribution in [3.8, 4) is 0 Å². The molecular weight excluding hydrogens is 509 g/mol. The maximum absolute atomic E-state index is 13.2. The fourth-order valence-corrected chi connectivity index (χ4v) is 5.10. The molecule has 0 bridgehead atoms. The zero-order chi connectivity index (χ0) is 27.0. The Labute approximate surface area is 216 Å². The molecule has 0 aliphatic rings. The lowest BCUT2D eigenvalue weighted by Gasteiger charge is -2.25. The molecule has 0 aromatic heterocycles. The van der Waals surface area contributed by atoms with Crippen LogP contribution in [-0.4, -0.2) is 50.0 Å². The van der Waals surface area contributed by atoms with Crippen LogP contribution in [0, 0.1) is 11.7 Å². The maximum atomic E-state index is 13.2. The average molecular weight is 540 g/mol. The first-order valence-corrected chi connectivity index (χ1v) is 13.4. The maximum Gasteiger partial charge on any atom is 0.260 e. The highest BCUT2D eigenvalue weighted by Crippen LogP contribution is 2.22. The molecule has 0 fully saturated rings. The summed E-state index contributed by atoms with van der Waals surface area (Å²) in [7, 11) is -3.97. The van der Waals surface area contributed by atoms with Gasteiger partial charge in [-0.15, -0.1) is 0 Å². The van der Waals surface area contributed by atoms with E-state index in [1.807, 2.05) is 13.8 Å². The van der Waals surface area contributed by atoms with Gasteiger partial charge in [0.25, 0.3) is 5.91 Å². The molecule has 0 heterocycles. The minimum absolute atomic E-state index is 0.0115. The smallest absolute Gasteiger partial charge is 0.260 e. The van der Waals surface area contributed by atoms with Crippen molar-refractivity contribution in [3.63, 3.8) is 0 Å². The van der Waals surface area contributed by atoms with Gasteiger partial charge in [-0.25, -0.2) is 17.5 Å². The number of nitrogens with one attached hydrogen (secondary N) is 1. The van der Waals surface area contributed by atoms with Crippen LogP contribution in [0.2, 0.25) is 5.02 Å². The number of halogens is 2. The number of carbonyl (C=O) groups is 3. The molecule has 0 aliphatic heterocycles. The lowest BCUT2D eigenvalue weighted by atomic mass is 10.0. The molecular formula is C25H31ClFN3O5S. The van der Waals surface area contributed by atoms with Crippen LogP contribution < -0.4 is 10.5 Å². The van der Waals surface area contributed by atoms with Crippen molar-refractivity contribution in [2.75, 3.05) is 13.1 Å². The number of sulfonamides is 1. The third-order valence-corrected chi connectivity index (χ3v) is 7.32. The Morgan fingerprint density at radius 1 is 1.06 bits per heavy atom. The highest BCUT2D eigenvalue weighted by molar-refractivity contribution is 7.89. The number of carbonyl (C=O) groups excluding carboxylic acids is 3. The molecule has 1 atom stereocenters. The van der Waals surface area contributed by atoms with Gasteiger partial charge in [0.2, 0.25) is 15.9 Å². The van der Waals surface area contributed by atoms with E-state index in [0.717, 1.165) is 23.1 Å². The van der Waals surface area contributed by atoms with E-state index < -0.39 is 33.7 Å². The molecule has 2 aromatic carbocycles. The predicted molar refractivity (Wildman–Crippen MR) is 136 cm³/mol. The molecule has 0 unspecified atom stereocenters. The molecule has 196 valence electrons. The Morgan fingerprint density at radius 3 is 2.22 bits per heavy atom. The summed E-state index contributed by atoms with van der Waals surface area (Å²) in [5.41, 5.74) is 6.73. The lowest BCUT2D eigenvalue weighted by molar-refractivity contribution is -0.130. The summed E-state index contributed by atoms with van der Waals surface area (Å²) in [6, 6.07) is 8.11. The quantitative estimate of drug-likeness (QED) is 0.312. The van der Waals surface area contributed by atoms with Crippen molar-refractivity contribution in [1.29, 1.82) is 0 Å². The van der Waals surface area contributed by atoms with Gasteiger partial charge in [0.05, 0.1) is 11.1 Å². The summed E-state index contributed by atoms with van der Waals surface area (Å²) in [4.78, 5) is 38.5. The van der Waals surface area contributed by atoms with E-state index >= 15 is 0 Å².